The molecule has 1 heterocycles. The van der Waals surface area contributed by atoms with E-state index in [1.54, 1.807) is 14.2 Å². The number of nitrogens with zero attached hydrogens (tertiary/aromatic N) is 2. The van der Waals surface area contributed by atoms with Gasteiger partial charge in [-0.25, -0.2) is 0 Å². The molecule has 1 saturated carbocycles. The summed E-state index contributed by atoms with van der Waals surface area (Å²) < 4.78 is 10.6. The molecule has 5 nitrogen and oxygen atoms in total. The SMILES string of the molecule is COCCN1CCCN(C(=O)[C@@H]2C[C@@H]2c2ccccc2OC)CC1. The van der Waals surface area contributed by atoms with Gasteiger partial charge in [-0.1, -0.05) is 18.2 Å². The number of ether oxygens (including phenoxy) is 2. The predicted molar refractivity (Wildman–Crippen MR) is 93.4 cm³/mol. The maximum atomic E-state index is 12.9. The summed E-state index contributed by atoms with van der Waals surface area (Å²) in [5.41, 5.74) is 1.18. The fraction of sp³-hybridized carbons (Fsp3) is 0.632. The average molecular weight is 332 g/mol. The molecule has 1 aliphatic heterocycles. The van der Waals surface area contributed by atoms with Gasteiger partial charge in [0.25, 0.3) is 0 Å². The zero-order chi connectivity index (χ0) is 16.9. The fourth-order valence-corrected chi connectivity index (χ4v) is 3.65. The molecule has 132 valence electrons. The standard InChI is InChI=1S/C19H28N2O3/c1-23-13-12-20-8-5-9-21(11-10-20)19(22)17-14-16(17)15-6-3-4-7-18(15)24-2/h3-4,6-7,16-17H,5,8-14H2,1-2H3/t16-,17-/m1/s1. The third kappa shape index (κ3) is 3.90. The number of hydrogen-bond acceptors (Lipinski definition) is 4. The molecule has 24 heavy (non-hydrogen) atoms. The van der Waals surface area contributed by atoms with Crippen LogP contribution in [0.15, 0.2) is 24.3 Å². The molecule has 0 unspecified atom stereocenters. The van der Waals surface area contributed by atoms with Gasteiger partial charge in [-0.15, -0.1) is 0 Å². The number of rotatable bonds is 6. The van der Waals surface area contributed by atoms with Crippen LogP contribution in [0.3, 0.4) is 0 Å². The van der Waals surface area contributed by atoms with Crippen molar-refractivity contribution in [2.24, 2.45) is 5.92 Å². The lowest BCUT2D eigenvalue weighted by Gasteiger charge is -2.22. The van der Waals surface area contributed by atoms with Crippen molar-refractivity contribution in [3.8, 4) is 5.75 Å². The van der Waals surface area contributed by atoms with Gasteiger partial charge < -0.3 is 14.4 Å². The normalized spacial score (nSPS) is 24.5. The molecule has 0 radical (unpaired) electrons. The monoisotopic (exact) mass is 332 g/mol. The summed E-state index contributed by atoms with van der Waals surface area (Å²) in [6, 6.07) is 8.07. The Morgan fingerprint density at radius 3 is 2.79 bits per heavy atom. The first-order chi connectivity index (χ1) is 11.7. The van der Waals surface area contributed by atoms with Crippen LogP contribution < -0.4 is 4.74 Å². The number of carbonyl (C=O) groups is 1. The van der Waals surface area contributed by atoms with Crippen LogP contribution in [0.4, 0.5) is 0 Å². The highest BCUT2D eigenvalue weighted by Crippen LogP contribution is 2.51. The van der Waals surface area contributed by atoms with Crippen molar-refractivity contribution >= 4 is 5.91 Å². The Kier molecular flexibility index (Phi) is 5.74. The van der Waals surface area contributed by atoms with Crippen molar-refractivity contribution in [3.63, 3.8) is 0 Å². The van der Waals surface area contributed by atoms with Crippen LogP contribution in [0.2, 0.25) is 0 Å². The van der Waals surface area contributed by atoms with Gasteiger partial charge in [-0.2, -0.15) is 0 Å². The van der Waals surface area contributed by atoms with Crippen LogP contribution in [0.1, 0.15) is 24.3 Å². The Morgan fingerprint density at radius 1 is 1.17 bits per heavy atom. The van der Waals surface area contributed by atoms with Crippen LogP contribution >= 0.6 is 0 Å². The minimum absolute atomic E-state index is 0.131. The molecule has 2 aliphatic rings. The Hall–Kier alpha value is -1.59. The molecule has 1 aromatic carbocycles. The lowest BCUT2D eigenvalue weighted by molar-refractivity contribution is -0.132. The minimum atomic E-state index is 0.131. The first-order valence-electron chi connectivity index (χ1n) is 8.87. The topological polar surface area (TPSA) is 42.0 Å². The number of methoxy groups -OCH3 is 2. The van der Waals surface area contributed by atoms with Crippen LogP contribution in [-0.4, -0.2) is 69.3 Å². The number of benzene rings is 1. The van der Waals surface area contributed by atoms with Gasteiger partial charge >= 0.3 is 0 Å². The molecule has 1 amide bonds. The second-order valence-electron chi connectivity index (χ2n) is 6.70. The Bertz CT molecular complexity index is 563. The van der Waals surface area contributed by atoms with E-state index in [0.29, 0.717) is 11.8 Å². The third-order valence-electron chi connectivity index (χ3n) is 5.16. The van der Waals surface area contributed by atoms with E-state index < -0.39 is 0 Å². The third-order valence-corrected chi connectivity index (χ3v) is 5.16. The van der Waals surface area contributed by atoms with Gasteiger partial charge in [0.1, 0.15) is 5.75 Å². The van der Waals surface area contributed by atoms with E-state index in [-0.39, 0.29) is 5.92 Å². The molecule has 1 aliphatic carbocycles. The van der Waals surface area contributed by atoms with Crippen molar-refractivity contribution in [3.05, 3.63) is 29.8 Å². The smallest absolute Gasteiger partial charge is 0.226 e. The largest absolute Gasteiger partial charge is 0.496 e. The van der Waals surface area contributed by atoms with Gasteiger partial charge in [0.2, 0.25) is 5.91 Å². The zero-order valence-corrected chi connectivity index (χ0v) is 14.7. The van der Waals surface area contributed by atoms with Crippen LogP contribution in [0.25, 0.3) is 0 Å². The van der Waals surface area contributed by atoms with Gasteiger partial charge in [-0.3, -0.25) is 9.69 Å². The summed E-state index contributed by atoms with van der Waals surface area (Å²) in [6.45, 7) is 5.41. The van der Waals surface area contributed by atoms with Crippen molar-refractivity contribution in [1.29, 1.82) is 0 Å². The van der Waals surface area contributed by atoms with E-state index in [9.17, 15) is 4.79 Å². The van der Waals surface area contributed by atoms with Gasteiger partial charge in [0, 0.05) is 39.2 Å². The zero-order valence-electron chi connectivity index (χ0n) is 14.7. The molecule has 1 aromatic rings. The van der Waals surface area contributed by atoms with E-state index in [1.165, 1.54) is 5.56 Å². The summed E-state index contributed by atoms with van der Waals surface area (Å²) in [6.07, 6.45) is 1.99. The van der Waals surface area contributed by atoms with E-state index in [0.717, 1.165) is 57.9 Å². The van der Waals surface area contributed by atoms with Crippen LogP contribution in [0.5, 0.6) is 5.75 Å². The molecule has 0 spiro atoms. The molecule has 2 fully saturated rings. The molecule has 1 saturated heterocycles. The number of amides is 1. The number of para-hydroxylation sites is 1. The maximum Gasteiger partial charge on any atom is 0.226 e. The molecule has 3 rings (SSSR count). The summed E-state index contributed by atoms with van der Waals surface area (Å²) in [4.78, 5) is 17.3. The summed E-state index contributed by atoms with van der Waals surface area (Å²) in [7, 11) is 3.43. The number of carbonyl (C=O) groups excluding carboxylic acids is 1. The molecule has 5 heteroatoms. The molecule has 0 N–H and O–H groups in total. The van der Waals surface area contributed by atoms with E-state index in [4.69, 9.17) is 9.47 Å². The Morgan fingerprint density at radius 2 is 2.00 bits per heavy atom. The highest BCUT2D eigenvalue weighted by Gasteiger charge is 2.46. The van der Waals surface area contributed by atoms with Crippen molar-refractivity contribution < 1.29 is 14.3 Å². The first kappa shape index (κ1) is 17.2. The van der Waals surface area contributed by atoms with Gasteiger partial charge in [0.05, 0.1) is 13.7 Å². The molecular weight excluding hydrogens is 304 g/mol. The van der Waals surface area contributed by atoms with Crippen molar-refractivity contribution in [1.82, 2.24) is 9.80 Å². The lowest BCUT2D eigenvalue weighted by Crippen LogP contribution is -2.37. The summed E-state index contributed by atoms with van der Waals surface area (Å²) in [5, 5.41) is 0. The van der Waals surface area contributed by atoms with Crippen LogP contribution in [0, 0.1) is 5.92 Å². The average Bonchev–Trinajstić information content (AvgIpc) is 3.43. The first-order valence-corrected chi connectivity index (χ1v) is 8.87. The fourth-order valence-electron chi connectivity index (χ4n) is 3.65. The predicted octanol–water partition coefficient (Wildman–Crippen LogP) is 1.98. The minimum Gasteiger partial charge on any atom is -0.496 e. The molecular formula is C19H28N2O3. The van der Waals surface area contributed by atoms with Crippen LogP contribution in [-0.2, 0) is 9.53 Å². The quantitative estimate of drug-likeness (QED) is 0.799. The van der Waals surface area contributed by atoms with E-state index in [2.05, 4.69) is 15.9 Å². The lowest BCUT2D eigenvalue weighted by atomic mass is 10.1. The maximum absolute atomic E-state index is 12.9. The van der Waals surface area contributed by atoms with Gasteiger partial charge in [-0.05, 0) is 36.9 Å². The molecule has 0 bridgehead atoms. The van der Waals surface area contributed by atoms with Gasteiger partial charge in [0.15, 0.2) is 0 Å². The highest BCUT2D eigenvalue weighted by atomic mass is 16.5. The Labute approximate surface area is 144 Å². The van der Waals surface area contributed by atoms with E-state index >= 15 is 0 Å². The summed E-state index contributed by atoms with van der Waals surface area (Å²) >= 11 is 0. The summed E-state index contributed by atoms with van der Waals surface area (Å²) in [5.74, 6) is 1.67. The second-order valence-corrected chi connectivity index (χ2v) is 6.70. The Balaban J connectivity index is 1.56. The number of hydrogen-bond donors (Lipinski definition) is 0. The van der Waals surface area contributed by atoms with E-state index in [1.807, 2.05) is 18.2 Å². The van der Waals surface area contributed by atoms with Crippen molar-refractivity contribution in [2.75, 3.05) is 53.6 Å². The van der Waals surface area contributed by atoms with Crippen molar-refractivity contribution in [2.45, 2.75) is 18.8 Å². The highest BCUT2D eigenvalue weighted by molar-refractivity contribution is 5.83. The second kappa shape index (κ2) is 7.99. The molecule has 2 atom stereocenters. The molecule has 0 aromatic heterocycles.